The van der Waals surface area contributed by atoms with Crippen molar-refractivity contribution >= 4 is 23.3 Å². The average Bonchev–Trinajstić information content (AvgIpc) is 2.06. The summed E-state index contributed by atoms with van der Waals surface area (Å²) in [5.74, 6) is -1.00. The van der Waals surface area contributed by atoms with Crippen LogP contribution in [-0.4, -0.2) is 16.7 Å². The molecule has 1 aromatic rings. The van der Waals surface area contributed by atoms with E-state index in [1.165, 1.54) is 18.2 Å². The van der Waals surface area contributed by atoms with Crippen molar-refractivity contribution in [3.8, 4) is 0 Å². The van der Waals surface area contributed by atoms with Crippen LogP contribution in [0.15, 0.2) is 23.1 Å². The zero-order valence-corrected chi connectivity index (χ0v) is 8.02. The van der Waals surface area contributed by atoms with Crippen molar-refractivity contribution in [3.05, 3.63) is 29.8 Å². The first-order valence-corrected chi connectivity index (χ1v) is 3.84. The number of aromatic carboxylic acids is 1. The van der Waals surface area contributed by atoms with Gasteiger partial charge in [-0.25, -0.2) is 0 Å². The number of carbonyl (C=O) groups is 1. The third-order valence-electron chi connectivity index (χ3n) is 1.18. The van der Waals surface area contributed by atoms with Crippen LogP contribution in [0.25, 0.3) is 0 Å². The fraction of sp³-hybridized carbons (Fsp3) is 0. The van der Waals surface area contributed by atoms with Crippen LogP contribution in [0.1, 0.15) is 10.4 Å². The van der Waals surface area contributed by atoms with Gasteiger partial charge in [-0.05, 0) is 0 Å². The summed E-state index contributed by atoms with van der Waals surface area (Å²) >= 11 is 0.842. The zero-order chi connectivity index (χ0) is 8.97. The van der Waals surface area contributed by atoms with Crippen LogP contribution in [0.3, 0.4) is 0 Å². The van der Waals surface area contributed by atoms with Gasteiger partial charge in [0.25, 0.3) is 5.97 Å². The molecule has 0 heterocycles. The van der Waals surface area contributed by atoms with Crippen molar-refractivity contribution in [2.24, 2.45) is 0 Å². The Balaban J connectivity index is 0.00000144. The Morgan fingerprint density at radius 3 is 2.62 bits per heavy atom. The van der Waals surface area contributed by atoms with Crippen LogP contribution in [0.2, 0.25) is 0 Å². The first kappa shape index (κ1) is 12.2. The molecule has 0 radical (unpaired) electrons. The van der Waals surface area contributed by atoms with Crippen molar-refractivity contribution in [1.29, 1.82) is 0 Å². The minimum atomic E-state index is -1.00. The summed E-state index contributed by atoms with van der Waals surface area (Å²) < 4.78 is 0. The average molecular weight is 239 g/mol. The predicted octanol–water partition coefficient (Wildman–Crippen LogP) is 1.34. The van der Waals surface area contributed by atoms with Gasteiger partial charge in [0.2, 0.25) is 0 Å². The van der Waals surface area contributed by atoms with E-state index in [0.29, 0.717) is 4.90 Å². The smallest absolute Gasteiger partial charge is 0.530 e. The number of hydrogen-bond acceptors (Lipinski definition) is 3. The third kappa shape index (κ3) is 3.61. The van der Waals surface area contributed by atoms with Gasteiger partial charge < -0.3 is 21.7 Å². The topological polar surface area (TPSA) is 54.4 Å². The van der Waals surface area contributed by atoms with E-state index in [4.69, 9.17) is 5.11 Å². The van der Waals surface area contributed by atoms with Gasteiger partial charge in [0.15, 0.2) is 0 Å². The van der Waals surface area contributed by atoms with Crippen LogP contribution < -0.4 is 0 Å². The van der Waals surface area contributed by atoms with E-state index in [-0.39, 0.29) is 22.1 Å². The van der Waals surface area contributed by atoms with Crippen molar-refractivity contribution in [1.82, 2.24) is 0 Å². The molecule has 0 unspecified atom stereocenters. The first-order valence-electron chi connectivity index (χ1n) is 3.03. The maximum absolute atomic E-state index is 10.4. The molecule has 0 spiro atoms. The Morgan fingerprint density at radius 1 is 1.54 bits per heavy atom. The molecule has 0 atom stereocenters. The molecule has 0 saturated heterocycles. The third-order valence-corrected chi connectivity index (χ3v) is 1.74. The van der Waals surface area contributed by atoms with E-state index in [1.807, 2.05) is 0 Å². The van der Waals surface area contributed by atoms with Gasteiger partial charge in [0.1, 0.15) is 0 Å². The number of rotatable bonds is 3. The summed E-state index contributed by atoms with van der Waals surface area (Å²) in [6, 6.07) is 6.89. The summed E-state index contributed by atoms with van der Waals surface area (Å²) in [5.41, 5.74) is 1.78. The van der Waals surface area contributed by atoms with E-state index in [0.717, 1.165) is 11.8 Å². The molecule has 1 aromatic carbocycles. The molecule has 0 amide bonds. The second-order valence-electron chi connectivity index (χ2n) is 1.93. The van der Waals surface area contributed by atoms with Crippen molar-refractivity contribution in [2.45, 2.75) is 4.90 Å². The minimum absolute atomic E-state index is 0. The molecule has 70 valence electrons. The molecule has 0 fully saturated rings. The molecule has 0 aliphatic heterocycles. The van der Waals surface area contributed by atoms with E-state index in [2.05, 4.69) is 6.07 Å². The molecule has 0 saturated carbocycles. The Morgan fingerprint density at radius 2 is 2.23 bits per heavy atom. The van der Waals surface area contributed by atoms with Gasteiger partial charge in [-0.3, -0.25) is 4.79 Å². The molecule has 0 aliphatic rings. The van der Waals surface area contributed by atoms with Gasteiger partial charge in [0.05, 0.1) is 0 Å². The van der Waals surface area contributed by atoms with Crippen LogP contribution in [0, 0.1) is 6.07 Å². The molecule has 1 rings (SSSR count). The Kier molecular flexibility index (Phi) is 5.43. The number of carboxylic acids is 1. The molecule has 1 N–H and O–H groups in total. The molecular weight excluding hydrogens is 235 g/mol. The summed E-state index contributed by atoms with van der Waals surface area (Å²) in [5, 5.41) is 8.50. The summed E-state index contributed by atoms with van der Waals surface area (Å²) in [6.45, 7) is 0. The Bertz CT molecular complexity index is 297. The van der Waals surface area contributed by atoms with Gasteiger partial charge in [-0.15, -0.1) is 4.90 Å². The summed E-state index contributed by atoms with van der Waals surface area (Å²) in [7, 11) is 0. The van der Waals surface area contributed by atoms with Crippen LogP contribution in [0.5, 0.6) is 0 Å². The van der Waals surface area contributed by atoms with Crippen molar-refractivity contribution in [3.63, 3.8) is 0 Å². The largest absolute Gasteiger partial charge is 2.00 e. The monoisotopic (exact) mass is 238 g/mol. The second kappa shape index (κ2) is 5.78. The molecule has 3 nitrogen and oxygen atoms in total. The molecular formula is C8H4NiO3S. The van der Waals surface area contributed by atoms with Gasteiger partial charge >= 0.3 is 16.5 Å². The summed E-state index contributed by atoms with van der Waals surface area (Å²) in [6.07, 6.45) is 0. The number of benzene rings is 1. The van der Waals surface area contributed by atoms with E-state index in [1.54, 1.807) is 5.62 Å². The number of carboxylic acid groups (broad SMARTS) is 1. The SMILES string of the molecule is O=[C-]Sc1[c-]cc(C(=O)O)cc1.[Ni+2]. The maximum Gasteiger partial charge on any atom is 2.00 e. The van der Waals surface area contributed by atoms with Crippen LogP contribution >= 0.6 is 11.8 Å². The van der Waals surface area contributed by atoms with Gasteiger partial charge in [-0.1, -0.05) is 5.56 Å². The molecule has 5 heteroatoms. The zero-order valence-electron chi connectivity index (χ0n) is 6.22. The van der Waals surface area contributed by atoms with E-state index < -0.39 is 5.97 Å². The van der Waals surface area contributed by atoms with Crippen LogP contribution in [0.4, 0.5) is 0 Å². The molecule has 13 heavy (non-hydrogen) atoms. The number of hydrogen-bond donors (Lipinski definition) is 1. The Hall–Kier alpha value is -0.796. The van der Waals surface area contributed by atoms with E-state index >= 15 is 0 Å². The van der Waals surface area contributed by atoms with Crippen LogP contribution in [-0.2, 0) is 21.3 Å². The molecule has 0 bridgehead atoms. The maximum atomic E-state index is 10.4. The van der Waals surface area contributed by atoms with E-state index in [9.17, 15) is 9.59 Å². The standard InChI is InChI=1S/C8H4O3S.Ni/c9-5-12-7-3-1-6(2-4-7)8(10)11;/h1-3H,(H,10,11);/q-2;+2. The van der Waals surface area contributed by atoms with Gasteiger partial charge in [0, 0.05) is 0 Å². The molecule has 0 aromatic heterocycles. The number of thioether (sulfide) groups is 1. The Labute approximate surface area is 89.4 Å². The quantitative estimate of drug-likeness (QED) is 0.491. The fourth-order valence-corrected chi connectivity index (χ4v) is 0.996. The molecule has 0 aliphatic carbocycles. The summed E-state index contributed by atoms with van der Waals surface area (Å²) in [4.78, 5) is 20.8. The minimum Gasteiger partial charge on any atom is -0.530 e. The fourth-order valence-electron chi connectivity index (χ4n) is 0.652. The second-order valence-corrected chi connectivity index (χ2v) is 2.74. The first-order chi connectivity index (χ1) is 5.74. The van der Waals surface area contributed by atoms with Crippen molar-refractivity contribution < 1.29 is 31.2 Å². The predicted molar refractivity (Wildman–Crippen MR) is 43.8 cm³/mol. The van der Waals surface area contributed by atoms with Gasteiger partial charge in [-0.2, -0.15) is 29.9 Å². The number of carbonyl (C=O) groups excluding carboxylic acids is 1. The normalized spacial score (nSPS) is 8.62. The van der Waals surface area contributed by atoms with Crippen molar-refractivity contribution in [2.75, 3.05) is 0 Å².